The molecule has 172 valence electrons. The predicted molar refractivity (Wildman–Crippen MR) is 111 cm³/mol. The van der Waals surface area contributed by atoms with Crippen molar-refractivity contribution in [2.24, 2.45) is 0 Å². The van der Waals surface area contributed by atoms with Gasteiger partial charge in [-0.25, -0.2) is 0 Å². The van der Waals surface area contributed by atoms with Crippen molar-refractivity contribution >= 4 is 40.6 Å². The quantitative estimate of drug-likeness (QED) is 0.361. The molecular weight excluding hydrogens is 467 g/mol. The van der Waals surface area contributed by atoms with Crippen LogP contribution in [0.3, 0.4) is 0 Å². The molecule has 0 spiro atoms. The third kappa shape index (κ3) is 6.32. The number of nitro benzene ring substituents is 1. The van der Waals surface area contributed by atoms with Crippen LogP contribution in [0, 0.1) is 10.1 Å². The molecule has 1 aliphatic heterocycles. The van der Waals surface area contributed by atoms with Gasteiger partial charge < -0.3 is 10.1 Å². The van der Waals surface area contributed by atoms with Crippen molar-refractivity contribution in [3.05, 3.63) is 74.7 Å². The van der Waals surface area contributed by atoms with Gasteiger partial charge in [-0.1, -0.05) is 0 Å². The normalized spacial score (nSPS) is 15.1. The molecule has 1 aliphatic rings. The van der Waals surface area contributed by atoms with Gasteiger partial charge in [0.15, 0.2) is 0 Å². The molecule has 9 nitrogen and oxygen atoms in total. The summed E-state index contributed by atoms with van der Waals surface area (Å²) < 4.78 is 40.3. The van der Waals surface area contributed by atoms with Gasteiger partial charge in [0.2, 0.25) is 0 Å². The maximum Gasteiger partial charge on any atom is 0.573 e. The Balaban J connectivity index is 1.55. The summed E-state index contributed by atoms with van der Waals surface area (Å²) in [5.41, 5.74) is 0.451. The molecule has 0 aliphatic carbocycles. The van der Waals surface area contributed by atoms with E-state index < -0.39 is 34.1 Å². The first kappa shape index (κ1) is 23.8. The molecule has 0 radical (unpaired) electrons. The van der Waals surface area contributed by atoms with Gasteiger partial charge in [0.05, 0.1) is 9.83 Å². The van der Waals surface area contributed by atoms with E-state index in [1.807, 2.05) is 0 Å². The molecule has 0 aromatic heterocycles. The van der Waals surface area contributed by atoms with Gasteiger partial charge in [-0.15, -0.1) is 13.2 Å². The zero-order valence-electron chi connectivity index (χ0n) is 16.5. The number of thioether (sulfide) groups is 1. The average Bonchev–Trinajstić information content (AvgIpc) is 3.00. The molecule has 0 atom stereocenters. The number of halogens is 3. The van der Waals surface area contributed by atoms with Crippen LogP contribution < -0.4 is 10.1 Å². The van der Waals surface area contributed by atoms with Crippen molar-refractivity contribution in [1.82, 2.24) is 10.2 Å². The summed E-state index contributed by atoms with van der Waals surface area (Å²) in [5, 5.41) is 12.6. The van der Waals surface area contributed by atoms with E-state index in [0.717, 1.165) is 29.2 Å². The number of non-ortho nitro benzene ring substituents is 1. The smallest absolute Gasteiger partial charge is 0.406 e. The number of alkyl halides is 3. The molecule has 13 heteroatoms. The zero-order valence-corrected chi connectivity index (χ0v) is 17.3. The summed E-state index contributed by atoms with van der Waals surface area (Å²) >= 11 is 0.695. The minimum atomic E-state index is -4.84. The van der Waals surface area contributed by atoms with E-state index in [4.69, 9.17) is 0 Å². The van der Waals surface area contributed by atoms with Gasteiger partial charge in [-0.2, -0.15) is 0 Å². The highest BCUT2D eigenvalue weighted by molar-refractivity contribution is 8.18. The Kier molecular flexibility index (Phi) is 7.01. The fourth-order valence-corrected chi connectivity index (χ4v) is 3.59. The van der Waals surface area contributed by atoms with Crippen molar-refractivity contribution in [1.29, 1.82) is 0 Å². The Morgan fingerprint density at radius 2 is 1.76 bits per heavy atom. The molecule has 2 aromatic rings. The van der Waals surface area contributed by atoms with Gasteiger partial charge >= 0.3 is 6.36 Å². The lowest BCUT2D eigenvalue weighted by Crippen LogP contribution is -2.37. The van der Waals surface area contributed by atoms with E-state index in [9.17, 15) is 37.7 Å². The number of amides is 3. The minimum absolute atomic E-state index is 0.0664. The molecule has 0 bridgehead atoms. The fourth-order valence-electron chi connectivity index (χ4n) is 2.73. The highest BCUT2D eigenvalue weighted by Crippen LogP contribution is 2.32. The number of carbonyl (C=O) groups is 3. The van der Waals surface area contributed by atoms with E-state index >= 15 is 0 Å². The molecular formula is C20H14F3N3O6S. The van der Waals surface area contributed by atoms with Crippen LogP contribution in [0.1, 0.15) is 15.9 Å². The summed E-state index contributed by atoms with van der Waals surface area (Å²) in [7, 11) is 0. The Hall–Kier alpha value is -3.87. The number of hydrogen-bond acceptors (Lipinski definition) is 7. The number of carbonyl (C=O) groups excluding carboxylic acids is 3. The van der Waals surface area contributed by atoms with Crippen LogP contribution >= 0.6 is 11.8 Å². The van der Waals surface area contributed by atoms with Crippen molar-refractivity contribution < 1.29 is 37.2 Å². The summed E-state index contributed by atoms with van der Waals surface area (Å²) in [6.45, 7) is -0.203. The third-order valence-electron chi connectivity index (χ3n) is 4.25. The average molecular weight is 481 g/mol. The number of ether oxygens (including phenoxy) is 1. The highest BCUT2D eigenvalue weighted by atomic mass is 32.2. The molecule has 0 saturated carbocycles. The monoisotopic (exact) mass is 481 g/mol. The molecule has 1 saturated heterocycles. The maximum atomic E-state index is 12.5. The molecule has 1 fully saturated rings. The summed E-state index contributed by atoms with van der Waals surface area (Å²) in [4.78, 5) is 48.0. The van der Waals surface area contributed by atoms with E-state index in [-0.39, 0.29) is 29.2 Å². The summed E-state index contributed by atoms with van der Waals surface area (Å²) in [5.74, 6) is -1.66. The zero-order chi connectivity index (χ0) is 24.2. The molecule has 1 heterocycles. The summed E-state index contributed by atoms with van der Waals surface area (Å²) in [6.07, 6.45) is -3.42. The van der Waals surface area contributed by atoms with Gasteiger partial charge in [-0.3, -0.25) is 29.4 Å². The Morgan fingerprint density at radius 3 is 2.33 bits per heavy atom. The molecule has 3 rings (SSSR count). The number of nitrogens with zero attached hydrogens (tertiary/aromatic N) is 2. The molecule has 3 amide bonds. The Labute approximate surface area is 188 Å². The first-order valence-electron chi connectivity index (χ1n) is 9.17. The van der Waals surface area contributed by atoms with Crippen LogP contribution in [0.15, 0.2) is 53.4 Å². The summed E-state index contributed by atoms with van der Waals surface area (Å²) in [6, 6.07) is 9.69. The molecule has 33 heavy (non-hydrogen) atoms. The van der Waals surface area contributed by atoms with Crippen LogP contribution in [-0.4, -0.2) is 46.3 Å². The standard InChI is InChI=1S/C20H14F3N3O6S/c21-20(22,23)32-15-7-3-13(4-8-15)17(27)24-9-10-25-18(28)16(33-19(25)29)11-12-1-5-14(6-2-12)26(30)31/h1-8,11H,9-10H2,(H,24,27). The number of rotatable bonds is 7. The lowest BCUT2D eigenvalue weighted by molar-refractivity contribution is -0.384. The number of nitro groups is 1. The van der Waals surface area contributed by atoms with Crippen LogP contribution in [0.5, 0.6) is 5.75 Å². The van der Waals surface area contributed by atoms with E-state index in [0.29, 0.717) is 17.3 Å². The second-order valence-corrected chi connectivity index (χ2v) is 7.50. The lowest BCUT2D eigenvalue weighted by atomic mass is 10.2. The second kappa shape index (κ2) is 9.73. The number of benzene rings is 2. The van der Waals surface area contributed by atoms with Crippen molar-refractivity contribution in [2.45, 2.75) is 6.36 Å². The van der Waals surface area contributed by atoms with E-state index in [1.54, 1.807) is 0 Å². The van der Waals surface area contributed by atoms with E-state index in [2.05, 4.69) is 10.1 Å². The number of nitrogens with one attached hydrogen (secondary N) is 1. The van der Waals surface area contributed by atoms with Crippen molar-refractivity contribution in [2.75, 3.05) is 13.1 Å². The van der Waals surface area contributed by atoms with Crippen LogP contribution in [0.2, 0.25) is 0 Å². The second-order valence-electron chi connectivity index (χ2n) is 6.51. The number of imide groups is 1. The van der Waals surface area contributed by atoms with E-state index in [1.165, 1.54) is 30.3 Å². The van der Waals surface area contributed by atoms with Crippen molar-refractivity contribution in [3.8, 4) is 5.75 Å². The van der Waals surface area contributed by atoms with Crippen LogP contribution in [0.4, 0.5) is 23.7 Å². The predicted octanol–water partition coefficient (Wildman–Crippen LogP) is 3.96. The maximum absolute atomic E-state index is 12.5. The number of hydrogen-bond donors (Lipinski definition) is 1. The van der Waals surface area contributed by atoms with Gasteiger partial charge in [0, 0.05) is 30.8 Å². The van der Waals surface area contributed by atoms with Crippen molar-refractivity contribution in [3.63, 3.8) is 0 Å². The SMILES string of the molecule is O=C(NCCN1C(=O)SC(=Cc2ccc([N+](=O)[O-])cc2)C1=O)c1ccc(OC(F)(F)F)cc1. The van der Waals surface area contributed by atoms with Crippen LogP contribution in [0.25, 0.3) is 6.08 Å². The lowest BCUT2D eigenvalue weighted by Gasteiger charge is -2.13. The largest absolute Gasteiger partial charge is 0.573 e. The minimum Gasteiger partial charge on any atom is -0.406 e. The Bertz CT molecular complexity index is 1120. The fraction of sp³-hybridized carbons (Fsp3) is 0.150. The highest BCUT2D eigenvalue weighted by Gasteiger charge is 2.34. The molecule has 2 aromatic carbocycles. The first-order chi connectivity index (χ1) is 15.5. The van der Waals surface area contributed by atoms with Gasteiger partial charge in [0.25, 0.3) is 22.7 Å². The van der Waals surface area contributed by atoms with Gasteiger partial charge in [-0.05, 0) is 59.8 Å². The first-order valence-corrected chi connectivity index (χ1v) is 9.99. The molecule has 0 unspecified atom stereocenters. The van der Waals surface area contributed by atoms with Gasteiger partial charge in [0.1, 0.15) is 5.75 Å². The topological polar surface area (TPSA) is 119 Å². The Morgan fingerprint density at radius 1 is 1.12 bits per heavy atom. The third-order valence-corrected chi connectivity index (χ3v) is 5.15. The van der Waals surface area contributed by atoms with Crippen LogP contribution in [-0.2, 0) is 4.79 Å². The molecule has 1 N–H and O–H groups in total.